The summed E-state index contributed by atoms with van der Waals surface area (Å²) in [5, 5.41) is 2.14. The van der Waals surface area contributed by atoms with Gasteiger partial charge in [-0.15, -0.1) is 23.1 Å². The summed E-state index contributed by atoms with van der Waals surface area (Å²) in [7, 11) is 2.16. The molecular weight excluding hydrogens is 284 g/mol. The highest BCUT2D eigenvalue weighted by Gasteiger charge is 2.15. The van der Waals surface area contributed by atoms with Gasteiger partial charge in [-0.2, -0.15) is 0 Å². The van der Waals surface area contributed by atoms with Crippen LogP contribution in [0.3, 0.4) is 0 Å². The molecule has 0 bridgehead atoms. The van der Waals surface area contributed by atoms with E-state index in [9.17, 15) is 0 Å². The minimum Gasteiger partial charge on any atom is -0.371 e. The standard InChI is InChI=1S/C16H22N2S2/c1-12(10-13-6-5-9-20-13)18(2)15-7-4-8-16(19-3)14(15)11-17/h4-9,12H,10-11,17H2,1-3H3. The van der Waals surface area contributed by atoms with Crippen molar-refractivity contribution < 1.29 is 0 Å². The largest absolute Gasteiger partial charge is 0.371 e. The molecular formula is C16H22N2S2. The fraction of sp³-hybridized carbons (Fsp3) is 0.375. The van der Waals surface area contributed by atoms with Crippen LogP contribution in [-0.2, 0) is 13.0 Å². The second kappa shape index (κ2) is 7.16. The van der Waals surface area contributed by atoms with E-state index in [0.717, 1.165) is 6.42 Å². The Labute approximate surface area is 130 Å². The second-order valence-electron chi connectivity index (χ2n) is 4.91. The molecule has 0 aliphatic carbocycles. The Bertz CT molecular complexity index is 537. The minimum atomic E-state index is 0.455. The van der Waals surface area contributed by atoms with E-state index in [1.165, 1.54) is 21.0 Å². The van der Waals surface area contributed by atoms with Crippen molar-refractivity contribution in [3.05, 3.63) is 46.2 Å². The van der Waals surface area contributed by atoms with Crippen molar-refractivity contribution in [3.63, 3.8) is 0 Å². The fourth-order valence-corrected chi connectivity index (χ4v) is 3.85. The first kappa shape index (κ1) is 15.4. The third kappa shape index (κ3) is 3.37. The predicted octanol–water partition coefficient (Wildman–Crippen LogP) is 4.00. The average Bonchev–Trinajstić information content (AvgIpc) is 2.98. The molecule has 1 atom stereocenters. The van der Waals surface area contributed by atoms with E-state index >= 15 is 0 Å². The topological polar surface area (TPSA) is 29.3 Å². The van der Waals surface area contributed by atoms with E-state index in [2.05, 4.69) is 60.8 Å². The van der Waals surface area contributed by atoms with Gasteiger partial charge in [-0.25, -0.2) is 0 Å². The lowest BCUT2D eigenvalue weighted by Crippen LogP contribution is -2.31. The Balaban J connectivity index is 2.21. The Morgan fingerprint density at radius 3 is 2.70 bits per heavy atom. The average molecular weight is 307 g/mol. The van der Waals surface area contributed by atoms with Crippen LogP contribution in [0.5, 0.6) is 0 Å². The highest BCUT2D eigenvalue weighted by Crippen LogP contribution is 2.30. The zero-order valence-corrected chi connectivity index (χ0v) is 13.9. The summed E-state index contributed by atoms with van der Waals surface area (Å²) in [4.78, 5) is 5.06. The molecule has 0 fully saturated rings. The Morgan fingerprint density at radius 1 is 1.30 bits per heavy atom. The molecule has 0 aliphatic heterocycles. The van der Waals surface area contributed by atoms with E-state index in [1.54, 1.807) is 11.8 Å². The molecule has 108 valence electrons. The van der Waals surface area contributed by atoms with Crippen molar-refractivity contribution >= 4 is 28.8 Å². The van der Waals surface area contributed by atoms with Crippen LogP contribution in [0.15, 0.2) is 40.6 Å². The number of hydrogen-bond donors (Lipinski definition) is 1. The third-order valence-electron chi connectivity index (χ3n) is 3.65. The molecule has 1 aromatic heterocycles. The number of hydrogen-bond acceptors (Lipinski definition) is 4. The SMILES string of the molecule is CSc1cccc(N(C)C(C)Cc2cccs2)c1CN. The summed E-state index contributed by atoms with van der Waals surface area (Å²) in [6, 6.07) is 11.2. The number of rotatable bonds is 6. The number of anilines is 1. The van der Waals surface area contributed by atoms with Gasteiger partial charge in [0, 0.05) is 47.1 Å². The third-order valence-corrected chi connectivity index (χ3v) is 5.37. The monoisotopic (exact) mass is 306 g/mol. The van der Waals surface area contributed by atoms with Gasteiger partial charge in [0.25, 0.3) is 0 Å². The summed E-state index contributed by atoms with van der Waals surface area (Å²) >= 11 is 3.59. The first-order chi connectivity index (χ1) is 9.67. The van der Waals surface area contributed by atoms with Crippen LogP contribution in [-0.4, -0.2) is 19.3 Å². The molecule has 4 heteroatoms. The van der Waals surface area contributed by atoms with Gasteiger partial charge in [0.15, 0.2) is 0 Å². The van der Waals surface area contributed by atoms with Crippen molar-refractivity contribution in [1.29, 1.82) is 0 Å². The first-order valence-electron chi connectivity index (χ1n) is 6.78. The summed E-state index contributed by atoms with van der Waals surface area (Å²) in [6.07, 6.45) is 3.18. The van der Waals surface area contributed by atoms with Crippen LogP contribution < -0.4 is 10.6 Å². The van der Waals surface area contributed by atoms with Crippen molar-refractivity contribution in [2.24, 2.45) is 5.73 Å². The van der Waals surface area contributed by atoms with Gasteiger partial charge < -0.3 is 10.6 Å². The molecule has 2 rings (SSSR count). The van der Waals surface area contributed by atoms with Crippen LogP contribution in [0.2, 0.25) is 0 Å². The molecule has 2 nitrogen and oxygen atoms in total. The van der Waals surface area contributed by atoms with Crippen LogP contribution in [0.25, 0.3) is 0 Å². The molecule has 2 aromatic rings. The predicted molar refractivity (Wildman–Crippen MR) is 92.0 cm³/mol. The zero-order valence-electron chi connectivity index (χ0n) is 12.3. The molecule has 1 unspecified atom stereocenters. The van der Waals surface area contributed by atoms with Crippen molar-refractivity contribution in [2.45, 2.75) is 30.8 Å². The van der Waals surface area contributed by atoms with Gasteiger partial charge in [0.1, 0.15) is 0 Å². The number of benzene rings is 1. The molecule has 0 amide bonds. The van der Waals surface area contributed by atoms with Gasteiger partial charge in [-0.05, 0) is 36.8 Å². The number of likely N-dealkylation sites (N-methyl/N-ethyl adjacent to an activating group) is 1. The van der Waals surface area contributed by atoms with Gasteiger partial charge in [-0.3, -0.25) is 0 Å². The van der Waals surface area contributed by atoms with Crippen LogP contribution in [0, 0.1) is 0 Å². The highest BCUT2D eigenvalue weighted by molar-refractivity contribution is 7.98. The smallest absolute Gasteiger partial charge is 0.0422 e. The number of thiophene rings is 1. The quantitative estimate of drug-likeness (QED) is 0.818. The van der Waals surface area contributed by atoms with Gasteiger partial charge >= 0.3 is 0 Å². The molecule has 0 spiro atoms. The van der Waals surface area contributed by atoms with Gasteiger partial charge in [-0.1, -0.05) is 12.1 Å². The number of thioether (sulfide) groups is 1. The lowest BCUT2D eigenvalue weighted by molar-refractivity contribution is 0.684. The van der Waals surface area contributed by atoms with Gasteiger partial charge in [0.05, 0.1) is 0 Å². The molecule has 0 radical (unpaired) electrons. The maximum absolute atomic E-state index is 5.96. The molecule has 2 N–H and O–H groups in total. The molecule has 0 aliphatic rings. The molecule has 1 heterocycles. The molecule has 0 saturated carbocycles. The lowest BCUT2D eigenvalue weighted by atomic mass is 10.1. The Hall–Kier alpha value is -0.970. The maximum Gasteiger partial charge on any atom is 0.0422 e. The number of nitrogens with two attached hydrogens (primary N) is 1. The second-order valence-corrected chi connectivity index (χ2v) is 6.79. The van der Waals surface area contributed by atoms with Gasteiger partial charge in [0.2, 0.25) is 0 Å². The van der Waals surface area contributed by atoms with Crippen molar-refractivity contribution in [3.8, 4) is 0 Å². The number of nitrogens with zero attached hydrogens (tertiary/aromatic N) is 1. The highest BCUT2D eigenvalue weighted by atomic mass is 32.2. The van der Waals surface area contributed by atoms with E-state index in [0.29, 0.717) is 12.6 Å². The lowest BCUT2D eigenvalue weighted by Gasteiger charge is -2.29. The van der Waals surface area contributed by atoms with E-state index < -0.39 is 0 Å². The molecule has 1 aromatic carbocycles. The maximum atomic E-state index is 5.96. The van der Waals surface area contributed by atoms with Crippen molar-refractivity contribution in [2.75, 3.05) is 18.2 Å². The van der Waals surface area contributed by atoms with Crippen LogP contribution in [0.4, 0.5) is 5.69 Å². The summed E-state index contributed by atoms with van der Waals surface area (Å²) in [5.74, 6) is 0. The van der Waals surface area contributed by atoms with Crippen LogP contribution in [0.1, 0.15) is 17.4 Å². The minimum absolute atomic E-state index is 0.455. The zero-order chi connectivity index (χ0) is 14.5. The summed E-state index contributed by atoms with van der Waals surface area (Å²) in [6.45, 7) is 2.86. The normalized spacial score (nSPS) is 12.4. The summed E-state index contributed by atoms with van der Waals surface area (Å²) < 4.78 is 0. The van der Waals surface area contributed by atoms with E-state index in [1.807, 2.05) is 11.3 Å². The van der Waals surface area contributed by atoms with Crippen LogP contribution >= 0.6 is 23.1 Å². The Morgan fingerprint density at radius 2 is 2.10 bits per heavy atom. The van der Waals surface area contributed by atoms with E-state index in [-0.39, 0.29) is 0 Å². The Kier molecular flexibility index (Phi) is 5.52. The van der Waals surface area contributed by atoms with E-state index in [4.69, 9.17) is 5.73 Å². The fourth-order valence-electron chi connectivity index (χ4n) is 2.38. The first-order valence-corrected chi connectivity index (χ1v) is 8.89. The molecule has 20 heavy (non-hydrogen) atoms. The van der Waals surface area contributed by atoms with Crippen molar-refractivity contribution in [1.82, 2.24) is 0 Å². The molecule has 0 saturated heterocycles. The summed E-state index contributed by atoms with van der Waals surface area (Å²) in [5.41, 5.74) is 8.47.